The Bertz CT molecular complexity index is 2040. The van der Waals surface area contributed by atoms with E-state index in [4.69, 9.17) is 8.85 Å². The molecule has 0 saturated carbocycles. The molecule has 0 spiro atoms. The number of carbonyl (C=O) groups is 1. The molecule has 0 aliphatic carbocycles. The van der Waals surface area contributed by atoms with E-state index < -0.39 is 16.6 Å². The van der Waals surface area contributed by atoms with E-state index in [1.54, 1.807) is 0 Å². The van der Waals surface area contributed by atoms with Crippen molar-refractivity contribution in [2.75, 3.05) is 6.61 Å². The zero-order chi connectivity index (χ0) is 43.2. The molecule has 0 aliphatic heterocycles. The fraction of sp³-hybridized carbons (Fsp3) is 0.315. The lowest BCUT2D eigenvalue weighted by Gasteiger charge is -2.45. The van der Waals surface area contributed by atoms with Crippen molar-refractivity contribution in [3.8, 4) is 0 Å². The quantitative estimate of drug-likeness (QED) is 0.0780. The predicted octanol–water partition coefficient (Wildman–Crippen LogP) is 9.81. The third-order valence-corrected chi connectivity index (χ3v) is 22.2. The van der Waals surface area contributed by atoms with Crippen LogP contribution in [0.25, 0.3) is 0 Å². The fourth-order valence-electron chi connectivity index (χ4n) is 8.63. The van der Waals surface area contributed by atoms with Gasteiger partial charge in [-0.2, -0.15) is 0 Å². The molecule has 6 aromatic rings. The molecular weight excluding hydrogens is 769 g/mol. The number of aldehydes is 1. The van der Waals surface area contributed by atoms with Crippen LogP contribution in [0.5, 0.6) is 0 Å². The molecule has 0 unspecified atom stereocenters. The maximum atomic E-state index is 12.1. The van der Waals surface area contributed by atoms with Crippen LogP contribution in [0.2, 0.25) is 10.1 Å². The first kappa shape index (κ1) is 46.4. The highest BCUT2D eigenvalue weighted by Crippen LogP contribution is 2.40. The second-order valence-corrected chi connectivity index (χ2v) is 26.6. The van der Waals surface area contributed by atoms with E-state index in [1.165, 1.54) is 26.3 Å². The Morgan fingerprint density at radius 3 is 1.03 bits per heavy atom. The molecule has 1 N–H and O–H groups in total. The number of hydrogen-bond acceptors (Lipinski definition) is 4. The third-order valence-electron chi connectivity index (χ3n) is 11.9. The molecular formula is C54H66O4Si2. The highest BCUT2D eigenvalue weighted by molar-refractivity contribution is 7.00. The first-order valence-electron chi connectivity index (χ1n) is 21.5. The Morgan fingerprint density at radius 1 is 0.467 bits per heavy atom. The number of carbonyl (C=O) groups excluding carboxylic acids is 1. The maximum absolute atomic E-state index is 12.1. The molecule has 0 saturated heterocycles. The van der Waals surface area contributed by atoms with Gasteiger partial charge in [0.05, 0.1) is 6.10 Å². The zero-order valence-electron chi connectivity index (χ0n) is 37.0. The topological polar surface area (TPSA) is 55.8 Å². The lowest BCUT2D eigenvalue weighted by Crippen LogP contribution is -2.68. The van der Waals surface area contributed by atoms with Crippen molar-refractivity contribution >= 4 is 43.7 Å². The van der Waals surface area contributed by atoms with Gasteiger partial charge in [-0.25, -0.2) is 0 Å². The molecule has 4 atom stereocenters. The standard InChI is InChI=1S/C27H34O2Si.C27H32O2Si/c2*1-22(24(21-28)20-23-14-8-5-9-15-23)29-30(27(2,3)4,25-16-10-6-11-17-25)26-18-12-7-13-19-26/h5-19,22,24,28H,20-21H2,1-4H3;5-19,21-22,24H,20H2,1-4H3/t2*22-,24+/m00/s1. The average Bonchev–Trinajstić information content (AvgIpc) is 3.26. The summed E-state index contributed by atoms with van der Waals surface area (Å²) in [5.41, 5.74) is 2.39. The van der Waals surface area contributed by atoms with Gasteiger partial charge in [-0.3, -0.25) is 0 Å². The van der Waals surface area contributed by atoms with Crippen LogP contribution in [-0.2, 0) is 26.5 Å². The minimum Gasteiger partial charge on any atom is -0.404 e. The van der Waals surface area contributed by atoms with Crippen molar-refractivity contribution in [3.63, 3.8) is 0 Å². The van der Waals surface area contributed by atoms with Crippen molar-refractivity contribution in [2.45, 2.75) is 90.5 Å². The maximum Gasteiger partial charge on any atom is 0.261 e. The minimum absolute atomic E-state index is 0.0362. The van der Waals surface area contributed by atoms with Gasteiger partial charge in [-0.1, -0.05) is 224 Å². The van der Waals surface area contributed by atoms with Gasteiger partial charge in [0.15, 0.2) is 0 Å². The van der Waals surface area contributed by atoms with Gasteiger partial charge in [0.25, 0.3) is 16.6 Å². The SMILES string of the molecule is C[C@H](O[Si](c1ccccc1)(c1ccccc1)C(C)(C)C)[C@@H](C=O)Cc1ccccc1.C[C@H](O[Si](c1ccccc1)(c1ccccc1)C(C)(C)C)[C@@H](CO)Cc1ccccc1. The number of rotatable bonds is 16. The number of aliphatic hydroxyl groups is 1. The largest absolute Gasteiger partial charge is 0.404 e. The van der Waals surface area contributed by atoms with Gasteiger partial charge in [0.2, 0.25) is 0 Å². The summed E-state index contributed by atoms with van der Waals surface area (Å²) in [7, 11) is -5.29. The van der Waals surface area contributed by atoms with Crippen LogP contribution in [0, 0.1) is 11.8 Å². The van der Waals surface area contributed by atoms with E-state index in [0.29, 0.717) is 6.42 Å². The van der Waals surface area contributed by atoms with E-state index in [0.717, 1.165) is 18.3 Å². The summed E-state index contributed by atoms with van der Waals surface area (Å²) in [5, 5.41) is 15.1. The van der Waals surface area contributed by atoms with E-state index >= 15 is 0 Å². The molecule has 0 heterocycles. The van der Waals surface area contributed by atoms with Crippen LogP contribution in [0.3, 0.4) is 0 Å². The summed E-state index contributed by atoms with van der Waals surface area (Å²) in [6, 6.07) is 63.1. The highest BCUT2D eigenvalue weighted by Gasteiger charge is 2.53. The van der Waals surface area contributed by atoms with Crippen molar-refractivity contribution in [1.82, 2.24) is 0 Å². The van der Waals surface area contributed by atoms with Gasteiger partial charge in [0.1, 0.15) is 6.29 Å². The van der Waals surface area contributed by atoms with Crippen molar-refractivity contribution in [1.29, 1.82) is 0 Å². The molecule has 6 rings (SSSR count). The Kier molecular flexibility index (Phi) is 16.4. The summed E-state index contributed by atoms with van der Waals surface area (Å²) < 4.78 is 14.3. The monoisotopic (exact) mass is 834 g/mol. The molecule has 314 valence electrons. The molecule has 4 nitrogen and oxygen atoms in total. The Labute approximate surface area is 362 Å². The Balaban J connectivity index is 0.000000228. The van der Waals surface area contributed by atoms with Gasteiger partial charge in [-0.15, -0.1) is 0 Å². The second-order valence-electron chi connectivity index (χ2n) is 18.1. The average molecular weight is 835 g/mol. The molecule has 6 aromatic carbocycles. The van der Waals surface area contributed by atoms with Crippen molar-refractivity contribution in [2.24, 2.45) is 11.8 Å². The van der Waals surface area contributed by atoms with Crippen LogP contribution in [0.15, 0.2) is 182 Å². The third kappa shape index (κ3) is 11.0. The zero-order valence-corrected chi connectivity index (χ0v) is 39.0. The fourth-order valence-corrected chi connectivity index (χ4v) is 18.1. The van der Waals surface area contributed by atoms with Crippen molar-refractivity contribution < 1.29 is 18.8 Å². The summed E-state index contributed by atoms with van der Waals surface area (Å²) in [6.45, 7) is 17.9. The lowest BCUT2D eigenvalue weighted by atomic mass is 9.96. The van der Waals surface area contributed by atoms with E-state index in [-0.39, 0.29) is 40.7 Å². The summed E-state index contributed by atoms with van der Waals surface area (Å²) in [4.78, 5) is 12.1. The molecule has 0 radical (unpaired) electrons. The number of aliphatic hydroxyl groups excluding tert-OH is 1. The molecule has 6 heteroatoms. The first-order chi connectivity index (χ1) is 28.8. The molecule has 0 amide bonds. The number of hydrogen-bond donors (Lipinski definition) is 1. The van der Waals surface area contributed by atoms with E-state index in [1.807, 2.05) is 36.4 Å². The van der Waals surface area contributed by atoms with E-state index in [2.05, 4.69) is 201 Å². The number of benzene rings is 6. The van der Waals surface area contributed by atoms with Gasteiger partial charge in [-0.05, 0) is 68.6 Å². The van der Waals surface area contributed by atoms with Gasteiger partial charge >= 0.3 is 0 Å². The van der Waals surface area contributed by atoms with Crippen molar-refractivity contribution in [3.05, 3.63) is 193 Å². The minimum atomic E-state index is -2.67. The normalized spacial score (nSPS) is 14.2. The van der Waals surface area contributed by atoms with Gasteiger partial charge in [0, 0.05) is 24.5 Å². The van der Waals surface area contributed by atoms with Crippen LogP contribution < -0.4 is 20.7 Å². The van der Waals surface area contributed by atoms with Crippen LogP contribution in [0.1, 0.15) is 66.5 Å². The van der Waals surface area contributed by atoms with E-state index in [9.17, 15) is 9.90 Å². The van der Waals surface area contributed by atoms with Crippen LogP contribution >= 0.6 is 0 Å². The summed E-state index contributed by atoms with van der Waals surface area (Å²) in [5.74, 6) is -0.164. The first-order valence-corrected chi connectivity index (χ1v) is 25.3. The Hall–Kier alpha value is -4.70. The Morgan fingerprint density at radius 2 is 0.750 bits per heavy atom. The second kappa shape index (κ2) is 21.2. The summed E-state index contributed by atoms with van der Waals surface area (Å²) >= 11 is 0. The highest BCUT2D eigenvalue weighted by atomic mass is 28.4. The van der Waals surface area contributed by atoms with Crippen LogP contribution in [-0.4, -0.2) is 46.8 Å². The molecule has 0 fully saturated rings. The smallest absolute Gasteiger partial charge is 0.261 e. The van der Waals surface area contributed by atoms with Crippen LogP contribution in [0.4, 0.5) is 0 Å². The molecule has 0 aliphatic rings. The lowest BCUT2D eigenvalue weighted by molar-refractivity contribution is -0.113. The summed E-state index contributed by atoms with van der Waals surface area (Å²) in [6.07, 6.45) is 2.27. The molecule has 0 bridgehead atoms. The predicted molar refractivity (Wildman–Crippen MR) is 257 cm³/mol. The molecule has 60 heavy (non-hydrogen) atoms. The van der Waals surface area contributed by atoms with Gasteiger partial charge < -0.3 is 18.8 Å². The molecule has 0 aromatic heterocycles.